The third-order valence-corrected chi connectivity index (χ3v) is 5.36. The highest BCUT2D eigenvalue weighted by Gasteiger charge is 2.30. The van der Waals surface area contributed by atoms with E-state index in [-0.39, 0.29) is 5.69 Å². The number of nitrogens with zero attached hydrogens (tertiary/aromatic N) is 3. The van der Waals surface area contributed by atoms with Crippen molar-refractivity contribution in [2.24, 2.45) is 0 Å². The van der Waals surface area contributed by atoms with Crippen LogP contribution in [0.25, 0.3) is 22.4 Å². The highest BCUT2D eigenvalue weighted by Crippen LogP contribution is 2.32. The van der Waals surface area contributed by atoms with Crippen LogP contribution in [0.4, 0.5) is 29.3 Å². The standard InChI is InChI=1S/C26H24F3N5O/c1-2-3-15-34-17-23(18-11-13-30-14-12-18)24(33-34)19-5-4-6-22(16-19)32-25(35)31-21-9-7-20(8-10-21)26(27,28)29/h4-14,16-17H,2-3,15H2,1H3,(H2,31,32,35). The number of amides is 2. The molecule has 6 nitrogen and oxygen atoms in total. The largest absolute Gasteiger partial charge is 0.416 e. The number of hydrogen-bond donors (Lipinski definition) is 2. The first kappa shape index (κ1) is 24.0. The first-order valence-corrected chi connectivity index (χ1v) is 11.2. The third-order valence-electron chi connectivity index (χ3n) is 5.36. The SMILES string of the molecule is CCCCn1cc(-c2ccncc2)c(-c2cccc(NC(=O)Nc3ccc(C(F)(F)F)cc3)c2)n1. The van der Waals surface area contributed by atoms with Crippen molar-refractivity contribution < 1.29 is 18.0 Å². The zero-order valence-electron chi connectivity index (χ0n) is 19.0. The fraction of sp³-hybridized carbons (Fsp3) is 0.192. The fourth-order valence-electron chi connectivity index (χ4n) is 3.59. The normalized spacial score (nSPS) is 11.3. The molecule has 0 saturated carbocycles. The molecule has 4 aromatic rings. The summed E-state index contributed by atoms with van der Waals surface area (Å²) in [6.45, 7) is 2.92. The summed E-state index contributed by atoms with van der Waals surface area (Å²) in [6.07, 6.45) is 3.09. The Hall–Kier alpha value is -4.14. The molecule has 2 aromatic carbocycles. The van der Waals surface area contributed by atoms with E-state index in [4.69, 9.17) is 5.10 Å². The number of nitrogens with one attached hydrogen (secondary N) is 2. The predicted molar refractivity (Wildman–Crippen MR) is 130 cm³/mol. The van der Waals surface area contributed by atoms with Crippen molar-refractivity contribution in [2.45, 2.75) is 32.5 Å². The Morgan fingerprint density at radius 2 is 1.66 bits per heavy atom. The van der Waals surface area contributed by atoms with E-state index >= 15 is 0 Å². The van der Waals surface area contributed by atoms with Crippen LogP contribution in [-0.4, -0.2) is 20.8 Å². The second kappa shape index (κ2) is 10.4. The lowest BCUT2D eigenvalue weighted by Crippen LogP contribution is -2.19. The summed E-state index contributed by atoms with van der Waals surface area (Å²) < 4.78 is 40.1. The smallest absolute Gasteiger partial charge is 0.308 e. The molecule has 0 spiro atoms. The zero-order valence-corrected chi connectivity index (χ0v) is 19.0. The number of carbonyl (C=O) groups excluding carboxylic acids is 1. The molecule has 0 unspecified atom stereocenters. The minimum absolute atomic E-state index is 0.251. The van der Waals surface area contributed by atoms with Crippen LogP contribution in [0.3, 0.4) is 0 Å². The number of benzene rings is 2. The van der Waals surface area contributed by atoms with Crippen LogP contribution in [0.2, 0.25) is 0 Å². The molecule has 2 N–H and O–H groups in total. The van der Waals surface area contributed by atoms with Gasteiger partial charge in [0.1, 0.15) is 5.69 Å². The van der Waals surface area contributed by atoms with Crippen molar-refractivity contribution in [3.63, 3.8) is 0 Å². The van der Waals surface area contributed by atoms with Gasteiger partial charge in [-0.15, -0.1) is 0 Å². The first-order chi connectivity index (χ1) is 16.8. The number of halogens is 3. The van der Waals surface area contributed by atoms with Gasteiger partial charge in [0, 0.05) is 47.6 Å². The number of carbonyl (C=O) groups is 1. The van der Waals surface area contributed by atoms with Crippen LogP contribution in [0, 0.1) is 0 Å². The summed E-state index contributed by atoms with van der Waals surface area (Å²) in [5.74, 6) is 0. The number of aryl methyl sites for hydroxylation is 1. The van der Waals surface area contributed by atoms with E-state index in [2.05, 4.69) is 22.5 Å². The van der Waals surface area contributed by atoms with Gasteiger partial charge in [-0.05, 0) is 60.5 Å². The lowest BCUT2D eigenvalue weighted by molar-refractivity contribution is -0.137. The molecule has 4 rings (SSSR count). The Bertz CT molecular complexity index is 1280. The average Bonchev–Trinajstić information content (AvgIpc) is 3.27. The predicted octanol–water partition coefficient (Wildman–Crippen LogP) is 7.08. The van der Waals surface area contributed by atoms with Crippen molar-refractivity contribution in [2.75, 3.05) is 10.6 Å². The maximum Gasteiger partial charge on any atom is 0.416 e. The highest BCUT2D eigenvalue weighted by atomic mass is 19.4. The van der Waals surface area contributed by atoms with Gasteiger partial charge in [-0.25, -0.2) is 4.79 Å². The van der Waals surface area contributed by atoms with Gasteiger partial charge in [-0.3, -0.25) is 9.67 Å². The van der Waals surface area contributed by atoms with Gasteiger partial charge in [-0.2, -0.15) is 18.3 Å². The summed E-state index contributed by atoms with van der Waals surface area (Å²) in [5, 5.41) is 10.1. The lowest BCUT2D eigenvalue weighted by atomic mass is 10.0. The van der Waals surface area contributed by atoms with Crippen molar-refractivity contribution in [1.29, 1.82) is 0 Å². The molecule has 180 valence electrons. The molecule has 9 heteroatoms. The topological polar surface area (TPSA) is 71.8 Å². The second-order valence-corrected chi connectivity index (χ2v) is 7.98. The molecular weight excluding hydrogens is 455 g/mol. The summed E-state index contributed by atoms with van der Waals surface area (Å²) in [5.41, 5.74) is 3.53. The van der Waals surface area contributed by atoms with Gasteiger partial charge in [0.15, 0.2) is 0 Å². The number of aromatic nitrogens is 3. The Morgan fingerprint density at radius 3 is 2.34 bits per heavy atom. The number of rotatable bonds is 7. The van der Waals surface area contributed by atoms with Crippen LogP contribution in [0.5, 0.6) is 0 Å². The molecule has 0 aliphatic carbocycles. The van der Waals surface area contributed by atoms with E-state index in [1.165, 1.54) is 12.1 Å². The molecule has 35 heavy (non-hydrogen) atoms. The van der Waals surface area contributed by atoms with Crippen molar-refractivity contribution >= 4 is 17.4 Å². The summed E-state index contributed by atoms with van der Waals surface area (Å²) in [6, 6.07) is 14.8. The number of anilines is 2. The zero-order chi connectivity index (χ0) is 24.8. The minimum atomic E-state index is -4.43. The van der Waals surface area contributed by atoms with Crippen molar-refractivity contribution in [1.82, 2.24) is 14.8 Å². The number of hydrogen-bond acceptors (Lipinski definition) is 3. The van der Waals surface area contributed by atoms with Gasteiger partial charge in [0.25, 0.3) is 0 Å². The summed E-state index contributed by atoms with van der Waals surface area (Å²) >= 11 is 0. The average molecular weight is 480 g/mol. The molecule has 2 aromatic heterocycles. The Balaban J connectivity index is 1.54. The van der Waals surface area contributed by atoms with Crippen molar-refractivity contribution in [3.05, 3.63) is 84.8 Å². The summed E-state index contributed by atoms with van der Waals surface area (Å²) in [7, 11) is 0. The molecule has 0 aliphatic heterocycles. The maximum atomic E-state index is 12.7. The second-order valence-electron chi connectivity index (χ2n) is 7.98. The van der Waals surface area contributed by atoms with Gasteiger partial charge in [-0.1, -0.05) is 25.5 Å². The first-order valence-electron chi connectivity index (χ1n) is 11.2. The van der Waals surface area contributed by atoms with Crippen LogP contribution in [-0.2, 0) is 12.7 Å². The fourth-order valence-corrected chi connectivity index (χ4v) is 3.59. The monoisotopic (exact) mass is 479 g/mol. The molecule has 2 heterocycles. The van der Waals surface area contributed by atoms with Gasteiger partial charge >= 0.3 is 12.2 Å². The van der Waals surface area contributed by atoms with Crippen molar-refractivity contribution in [3.8, 4) is 22.4 Å². The van der Waals surface area contributed by atoms with E-state index < -0.39 is 17.8 Å². The summed E-state index contributed by atoms with van der Waals surface area (Å²) in [4.78, 5) is 16.5. The maximum absolute atomic E-state index is 12.7. The number of urea groups is 1. The molecule has 0 radical (unpaired) electrons. The quantitative estimate of drug-likeness (QED) is 0.298. The number of unbranched alkanes of at least 4 members (excludes halogenated alkanes) is 1. The molecule has 0 bridgehead atoms. The molecular formula is C26H24F3N5O. The van der Waals surface area contributed by atoms with Crippen LogP contribution in [0.15, 0.2) is 79.3 Å². The van der Waals surface area contributed by atoms with Gasteiger partial charge in [0.2, 0.25) is 0 Å². The molecule has 0 saturated heterocycles. The molecule has 0 fully saturated rings. The van der Waals surface area contributed by atoms with Gasteiger partial charge in [0.05, 0.1) is 5.56 Å². The van der Waals surface area contributed by atoms with E-state index in [0.29, 0.717) is 5.69 Å². The highest BCUT2D eigenvalue weighted by molar-refractivity contribution is 6.00. The molecule has 0 aliphatic rings. The van der Waals surface area contributed by atoms with E-state index in [1.807, 2.05) is 41.2 Å². The Kier molecular flexibility index (Phi) is 7.14. The van der Waals surface area contributed by atoms with Crippen LogP contribution in [0.1, 0.15) is 25.3 Å². The van der Waals surface area contributed by atoms with Gasteiger partial charge < -0.3 is 10.6 Å². The lowest BCUT2D eigenvalue weighted by Gasteiger charge is -2.11. The van der Waals surface area contributed by atoms with E-state index in [0.717, 1.165) is 53.9 Å². The van der Waals surface area contributed by atoms with Crippen LogP contribution >= 0.6 is 0 Å². The number of alkyl halides is 3. The van der Waals surface area contributed by atoms with Crippen LogP contribution < -0.4 is 10.6 Å². The Labute approximate surface area is 200 Å². The van der Waals surface area contributed by atoms with E-state index in [9.17, 15) is 18.0 Å². The Morgan fingerprint density at radius 1 is 0.943 bits per heavy atom. The molecule has 0 atom stereocenters. The van der Waals surface area contributed by atoms with E-state index in [1.54, 1.807) is 18.5 Å². The number of pyridine rings is 1. The molecule has 2 amide bonds. The third kappa shape index (κ3) is 6.06. The minimum Gasteiger partial charge on any atom is -0.308 e.